The summed E-state index contributed by atoms with van der Waals surface area (Å²) in [5.74, 6) is -0.0682. The van der Waals surface area contributed by atoms with Crippen LogP contribution < -0.4 is 14.9 Å². The van der Waals surface area contributed by atoms with Gasteiger partial charge in [0.2, 0.25) is 0 Å². The summed E-state index contributed by atoms with van der Waals surface area (Å²) >= 11 is 0. The Kier molecular flexibility index (Phi) is 6.68. The third-order valence-electron chi connectivity index (χ3n) is 6.12. The fraction of sp³-hybridized carbons (Fsp3) is 0.435. The van der Waals surface area contributed by atoms with E-state index in [1.165, 1.54) is 0 Å². The lowest BCUT2D eigenvalue weighted by Crippen LogP contribution is -2.47. The van der Waals surface area contributed by atoms with E-state index in [1.54, 1.807) is 31.2 Å². The zero-order valence-corrected chi connectivity index (χ0v) is 19.5. The van der Waals surface area contributed by atoms with Crippen molar-refractivity contribution in [3.8, 4) is 0 Å². The SMILES string of the molecule is Cc1ccccc1S(=O)(=O)Nc1cc(C(=O)N2CCN(C)CC2)ccc1N1CCNCC1. The van der Waals surface area contributed by atoms with Gasteiger partial charge < -0.3 is 20.0 Å². The summed E-state index contributed by atoms with van der Waals surface area (Å²) < 4.78 is 29.2. The highest BCUT2D eigenvalue weighted by Crippen LogP contribution is 2.31. The molecule has 0 aromatic heterocycles. The van der Waals surface area contributed by atoms with Gasteiger partial charge >= 0.3 is 0 Å². The van der Waals surface area contributed by atoms with Gasteiger partial charge in [-0.2, -0.15) is 0 Å². The average Bonchev–Trinajstić information content (AvgIpc) is 2.79. The number of rotatable bonds is 5. The monoisotopic (exact) mass is 457 g/mol. The molecule has 9 heteroatoms. The second-order valence-corrected chi connectivity index (χ2v) is 10.1. The number of amides is 1. The molecule has 2 N–H and O–H groups in total. The fourth-order valence-electron chi connectivity index (χ4n) is 4.18. The summed E-state index contributed by atoms with van der Waals surface area (Å²) in [5.41, 5.74) is 2.40. The number of hydrogen-bond donors (Lipinski definition) is 2. The Hall–Kier alpha value is -2.62. The van der Waals surface area contributed by atoms with E-state index < -0.39 is 10.0 Å². The van der Waals surface area contributed by atoms with Gasteiger partial charge in [-0.15, -0.1) is 0 Å². The Labute approximate surface area is 190 Å². The standard InChI is InChI=1S/C23H31N5O3S/c1-18-5-3-4-6-22(18)32(30,31)25-20-17-19(23(29)28-15-13-26(2)14-16-28)7-8-21(20)27-11-9-24-10-12-27/h3-8,17,24-25H,9-16H2,1-2H3. The van der Waals surface area contributed by atoms with Gasteiger partial charge in [0.05, 0.1) is 16.3 Å². The predicted molar refractivity (Wildman–Crippen MR) is 127 cm³/mol. The maximum atomic E-state index is 13.2. The minimum absolute atomic E-state index is 0.0682. The summed E-state index contributed by atoms with van der Waals surface area (Å²) in [6.45, 7) is 7.96. The van der Waals surface area contributed by atoms with Gasteiger partial charge in [-0.1, -0.05) is 18.2 Å². The highest BCUT2D eigenvalue weighted by molar-refractivity contribution is 7.92. The second kappa shape index (κ2) is 9.48. The van der Waals surface area contributed by atoms with Gasteiger partial charge in [-0.25, -0.2) is 8.42 Å². The van der Waals surface area contributed by atoms with Crippen LogP contribution in [0.1, 0.15) is 15.9 Å². The minimum Gasteiger partial charge on any atom is -0.367 e. The Morgan fingerprint density at radius 2 is 1.66 bits per heavy atom. The number of likely N-dealkylation sites (N-methyl/N-ethyl adjacent to an activating group) is 1. The first-order valence-corrected chi connectivity index (χ1v) is 12.5. The van der Waals surface area contributed by atoms with Crippen molar-refractivity contribution >= 4 is 27.3 Å². The van der Waals surface area contributed by atoms with Crippen molar-refractivity contribution in [1.29, 1.82) is 0 Å². The Bertz CT molecular complexity index is 1070. The van der Waals surface area contributed by atoms with Gasteiger partial charge in [0.1, 0.15) is 0 Å². The first-order valence-electron chi connectivity index (χ1n) is 11.0. The molecule has 0 aliphatic carbocycles. The molecule has 2 aromatic carbocycles. The molecule has 2 aliphatic heterocycles. The summed E-state index contributed by atoms with van der Waals surface area (Å²) in [5, 5.41) is 3.32. The van der Waals surface area contributed by atoms with E-state index in [9.17, 15) is 13.2 Å². The number of nitrogens with zero attached hydrogens (tertiary/aromatic N) is 3. The highest BCUT2D eigenvalue weighted by atomic mass is 32.2. The lowest BCUT2D eigenvalue weighted by molar-refractivity contribution is 0.0664. The second-order valence-electron chi connectivity index (χ2n) is 8.44. The molecule has 2 aliphatic rings. The molecule has 8 nitrogen and oxygen atoms in total. The summed E-state index contributed by atoms with van der Waals surface area (Å²) in [7, 11) is -1.76. The van der Waals surface area contributed by atoms with Crippen LogP contribution in [0.25, 0.3) is 0 Å². The molecule has 0 spiro atoms. The molecule has 1 amide bonds. The van der Waals surface area contributed by atoms with Crippen molar-refractivity contribution in [2.24, 2.45) is 0 Å². The number of hydrogen-bond acceptors (Lipinski definition) is 6. The minimum atomic E-state index is -3.80. The predicted octanol–water partition coefficient (Wildman–Crippen LogP) is 1.59. The van der Waals surface area contributed by atoms with E-state index in [0.29, 0.717) is 29.9 Å². The van der Waals surface area contributed by atoms with E-state index in [-0.39, 0.29) is 10.8 Å². The topological polar surface area (TPSA) is 85.0 Å². The molecule has 0 atom stereocenters. The quantitative estimate of drug-likeness (QED) is 0.710. The van der Waals surface area contributed by atoms with E-state index in [1.807, 2.05) is 30.1 Å². The fourth-order valence-corrected chi connectivity index (χ4v) is 5.49. The third-order valence-corrected chi connectivity index (χ3v) is 7.64. The van der Waals surface area contributed by atoms with Gasteiger partial charge in [0.25, 0.3) is 15.9 Å². The number of carbonyl (C=O) groups is 1. The van der Waals surface area contributed by atoms with Crippen molar-refractivity contribution in [3.05, 3.63) is 53.6 Å². The third kappa shape index (κ3) is 4.90. The molecule has 32 heavy (non-hydrogen) atoms. The van der Waals surface area contributed by atoms with Crippen LogP contribution in [0.2, 0.25) is 0 Å². The molecular formula is C23H31N5O3S. The molecule has 0 saturated carbocycles. The molecule has 2 heterocycles. The average molecular weight is 458 g/mol. The van der Waals surface area contributed by atoms with Crippen LogP contribution >= 0.6 is 0 Å². The Morgan fingerprint density at radius 3 is 2.34 bits per heavy atom. The molecule has 172 valence electrons. The lowest BCUT2D eigenvalue weighted by atomic mass is 10.1. The Balaban J connectivity index is 1.68. The molecule has 0 bridgehead atoms. The van der Waals surface area contributed by atoms with Crippen LogP contribution in [-0.2, 0) is 10.0 Å². The lowest BCUT2D eigenvalue weighted by Gasteiger charge is -2.33. The molecule has 0 radical (unpaired) electrons. The smallest absolute Gasteiger partial charge is 0.262 e. The molecule has 2 aromatic rings. The number of nitrogens with one attached hydrogen (secondary N) is 2. The number of benzene rings is 2. The highest BCUT2D eigenvalue weighted by Gasteiger charge is 2.25. The van der Waals surface area contributed by atoms with E-state index >= 15 is 0 Å². The molecule has 4 rings (SSSR count). The van der Waals surface area contributed by atoms with Crippen LogP contribution in [0, 0.1) is 6.92 Å². The number of piperazine rings is 2. The van der Waals surface area contributed by atoms with Crippen molar-refractivity contribution in [1.82, 2.24) is 15.1 Å². The van der Waals surface area contributed by atoms with Crippen LogP contribution in [0.4, 0.5) is 11.4 Å². The van der Waals surface area contributed by atoms with Crippen molar-refractivity contribution < 1.29 is 13.2 Å². The largest absolute Gasteiger partial charge is 0.367 e. The summed E-state index contributed by atoms with van der Waals surface area (Å²) in [6, 6.07) is 12.3. The normalized spacial score (nSPS) is 17.9. The maximum absolute atomic E-state index is 13.2. The Morgan fingerprint density at radius 1 is 0.969 bits per heavy atom. The van der Waals surface area contributed by atoms with E-state index in [0.717, 1.165) is 45.0 Å². The zero-order chi connectivity index (χ0) is 22.7. The maximum Gasteiger partial charge on any atom is 0.262 e. The number of aryl methyl sites for hydroxylation is 1. The van der Waals surface area contributed by atoms with E-state index in [4.69, 9.17) is 0 Å². The van der Waals surface area contributed by atoms with Crippen molar-refractivity contribution in [2.75, 3.05) is 69.0 Å². The van der Waals surface area contributed by atoms with Gasteiger partial charge in [-0.05, 0) is 43.8 Å². The number of carbonyl (C=O) groups excluding carboxylic acids is 1. The number of sulfonamides is 1. The van der Waals surface area contributed by atoms with Crippen LogP contribution in [0.5, 0.6) is 0 Å². The van der Waals surface area contributed by atoms with Crippen LogP contribution in [-0.4, -0.2) is 83.5 Å². The van der Waals surface area contributed by atoms with Gasteiger partial charge in [-0.3, -0.25) is 9.52 Å². The van der Waals surface area contributed by atoms with Crippen molar-refractivity contribution in [3.63, 3.8) is 0 Å². The first-order chi connectivity index (χ1) is 15.3. The van der Waals surface area contributed by atoms with E-state index in [2.05, 4.69) is 19.8 Å². The summed E-state index contributed by atoms with van der Waals surface area (Å²) in [6.07, 6.45) is 0. The van der Waals surface area contributed by atoms with Gasteiger partial charge in [0.15, 0.2) is 0 Å². The summed E-state index contributed by atoms with van der Waals surface area (Å²) in [4.78, 5) is 19.6. The zero-order valence-electron chi connectivity index (χ0n) is 18.7. The first kappa shape index (κ1) is 22.6. The molecule has 2 saturated heterocycles. The molecule has 0 unspecified atom stereocenters. The van der Waals surface area contributed by atoms with Gasteiger partial charge in [0, 0.05) is 57.9 Å². The van der Waals surface area contributed by atoms with Crippen LogP contribution in [0.3, 0.4) is 0 Å². The molecular weight excluding hydrogens is 426 g/mol. The van der Waals surface area contributed by atoms with Crippen LogP contribution in [0.15, 0.2) is 47.4 Å². The van der Waals surface area contributed by atoms with Crippen molar-refractivity contribution in [2.45, 2.75) is 11.8 Å². The number of anilines is 2. The molecule has 2 fully saturated rings.